The van der Waals surface area contributed by atoms with Crippen LogP contribution in [0.25, 0.3) is 0 Å². The molecule has 1 aliphatic heterocycles. The number of anilines is 1. The number of benzene rings is 1. The lowest BCUT2D eigenvalue weighted by atomic mass is 10.1. The Bertz CT molecular complexity index is 374. The molecule has 16 heavy (non-hydrogen) atoms. The number of nitrogens with one attached hydrogen (secondary N) is 1. The lowest BCUT2D eigenvalue weighted by Crippen LogP contribution is -2.40. The van der Waals surface area contributed by atoms with Crippen molar-refractivity contribution in [2.24, 2.45) is 0 Å². The van der Waals surface area contributed by atoms with Crippen LogP contribution in [0.4, 0.5) is 5.69 Å². The topological polar surface area (TPSA) is 47.6 Å². The molecule has 0 unspecified atom stereocenters. The second-order valence-electron chi connectivity index (χ2n) is 3.82. The predicted octanol–water partition coefficient (Wildman–Crippen LogP) is 1.56. The van der Waals surface area contributed by atoms with Crippen LogP contribution in [0.1, 0.15) is 12.5 Å². The Labute approximate surface area is 94.6 Å². The van der Waals surface area contributed by atoms with Gasteiger partial charge in [0.25, 0.3) is 0 Å². The summed E-state index contributed by atoms with van der Waals surface area (Å²) in [6, 6.07) is 8.20. The highest BCUT2D eigenvalue weighted by molar-refractivity contribution is 5.66. The summed E-state index contributed by atoms with van der Waals surface area (Å²) in [5, 5.41) is 3.35. The van der Waals surface area contributed by atoms with Gasteiger partial charge in [0.1, 0.15) is 6.61 Å². The molecule has 1 N–H and O–H groups in total. The first-order valence-corrected chi connectivity index (χ1v) is 5.31. The fourth-order valence-corrected chi connectivity index (χ4v) is 1.51. The Balaban J connectivity index is 2.00. The lowest BCUT2D eigenvalue weighted by molar-refractivity contribution is -0.142. The van der Waals surface area contributed by atoms with Crippen LogP contribution >= 0.6 is 0 Å². The highest BCUT2D eigenvalue weighted by atomic mass is 16.5. The van der Waals surface area contributed by atoms with Gasteiger partial charge in [-0.05, 0) is 6.07 Å². The van der Waals surface area contributed by atoms with Gasteiger partial charge in [0.05, 0.1) is 19.3 Å². The van der Waals surface area contributed by atoms with Crippen molar-refractivity contribution in [2.75, 3.05) is 18.5 Å². The number of ether oxygens (including phenoxy) is 2. The van der Waals surface area contributed by atoms with Crippen molar-refractivity contribution < 1.29 is 14.3 Å². The molecule has 4 nitrogen and oxygen atoms in total. The summed E-state index contributed by atoms with van der Waals surface area (Å²) in [5.74, 6) is -0.262. The summed E-state index contributed by atoms with van der Waals surface area (Å²) in [7, 11) is 0. The smallest absolute Gasteiger partial charge is 0.302 e. The van der Waals surface area contributed by atoms with Crippen molar-refractivity contribution in [3.63, 3.8) is 0 Å². The molecule has 86 valence electrons. The number of para-hydroxylation sites is 1. The minimum Gasteiger partial charge on any atom is -0.461 e. The van der Waals surface area contributed by atoms with E-state index in [2.05, 4.69) is 5.32 Å². The minimum atomic E-state index is -0.262. The SMILES string of the molecule is CC(=O)OCc1ccccc1NC1COC1. The molecule has 0 aliphatic carbocycles. The average molecular weight is 221 g/mol. The fourth-order valence-electron chi connectivity index (χ4n) is 1.51. The first kappa shape index (κ1) is 11.0. The zero-order valence-corrected chi connectivity index (χ0v) is 9.23. The van der Waals surface area contributed by atoms with E-state index in [0.717, 1.165) is 24.5 Å². The molecule has 0 saturated carbocycles. The van der Waals surface area contributed by atoms with Gasteiger partial charge in [-0.25, -0.2) is 0 Å². The van der Waals surface area contributed by atoms with Crippen LogP contribution < -0.4 is 5.32 Å². The maximum absolute atomic E-state index is 10.8. The Kier molecular flexibility index (Phi) is 3.41. The van der Waals surface area contributed by atoms with E-state index in [9.17, 15) is 4.79 Å². The molecule has 1 aromatic rings. The third-order valence-corrected chi connectivity index (χ3v) is 2.45. The van der Waals surface area contributed by atoms with Crippen LogP contribution in [0.2, 0.25) is 0 Å². The largest absolute Gasteiger partial charge is 0.461 e. The summed E-state index contributed by atoms with van der Waals surface area (Å²) in [6.45, 7) is 3.20. The minimum absolute atomic E-state index is 0.262. The molecule has 1 fully saturated rings. The standard InChI is InChI=1S/C12H15NO3/c1-9(14)16-6-10-4-2-3-5-12(10)13-11-7-15-8-11/h2-5,11,13H,6-8H2,1H3. The third-order valence-electron chi connectivity index (χ3n) is 2.45. The van der Waals surface area contributed by atoms with Gasteiger partial charge >= 0.3 is 5.97 Å². The molecule has 2 rings (SSSR count). The van der Waals surface area contributed by atoms with Gasteiger partial charge in [-0.2, -0.15) is 0 Å². The summed E-state index contributed by atoms with van der Waals surface area (Å²) in [6.07, 6.45) is 0. The number of hydrogen-bond acceptors (Lipinski definition) is 4. The average Bonchev–Trinajstić information content (AvgIpc) is 2.22. The molecule has 0 bridgehead atoms. The number of esters is 1. The Morgan fingerprint density at radius 2 is 2.25 bits per heavy atom. The third kappa shape index (κ3) is 2.73. The van der Waals surface area contributed by atoms with Crippen molar-refractivity contribution in [3.05, 3.63) is 29.8 Å². The highest BCUT2D eigenvalue weighted by Gasteiger charge is 2.18. The highest BCUT2D eigenvalue weighted by Crippen LogP contribution is 2.19. The van der Waals surface area contributed by atoms with Crippen LogP contribution in [0, 0.1) is 0 Å². The van der Waals surface area contributed by atoms with Gasteiger partial charge in [0.15, 0.2) is 0 Å². The molecule has 0 radical (unpaired) electrons. The maximum atomic E-state index is 10.8. The molecule has 1 saturated heterocycles. The fraction of sp³-hybridized carbons (Fsp3) is 0.417. The number of rotatable bonds is 4. The second-order valence-corrected chi connectivity index (χ2v) is 3.82. The van der Waals surface area contributed by atoms with E-state index in [1.54, 1.807) is 0 Å². The van der Waals surface area contributed by atoms with E-state index >= 15 is 0 Å². The summed E-state index contributed by atoms with van der Waals surface area (Å²) >= 11 is 0. The van der Waals surface area contributed by atoms with Gasteiger partial charge in [0.2, 0.25) is 0 Å². The maximum Gasteiger partial charge on any atom is 0.302 e. The number of carbonyl (C=O) groups is 1. The van der Waals surface area contributed by atoms with Crippen LogP contribution in [0.3, 0.4) is 0 Å². The molecule has 0 atom stereocenters. The van der Waals surface area contributed by atoms with Gasteiger partial charge in [-0.3, -0.25) is 4.79 Å². The second kappa shape index (κ2) is 4.99. The molecule has 0 spiro atoms. The van der Waals surface area contributed by atoms with E-state index in [1.807, 2.05) is 24.3 Å². The van der Waals surface area contributed by atoms with E-state index < -0.39 is 0 Å². The van der Waals surface area contributed by atoms with Crippen LogP contribution in [0.15, 0.2) is 24.3 Å². The molecule has 1 aliphatic rings. The van der Waals surface area contributed by atoms with Crippen molar-refractivity contribution in [1.82, 2.24) is 0 Å². The Morgan fingerprint density at radius 3 is 2.88 bits per heavy atom. The van der Waals surface area contributed by atoms with E-state index in [1.165, 1.54) is 6.92 Å². The van der Waals surface area contributed by atoms with Crippen LogP contribution in [-0.4, -0.2) is 25.2 Å². The zero-order valence-electron chi connectivity index (χ0n) is 9.23. The molecular formula is C12H15NO3. The van der Waals surface area contributed by atoms with E-state index in [0.29, 0.717) is 12.6 Å². The van der Waals surface area contributed by atoms with Crippen LogP contribution in [-0.2, 0) is 20.9 Å². The van der Waals surface area contributed by atoms with Gasteiger partial charge in [0, 0.05) is 18.2 Å². The summed E-state index contributed by atoms with van der Waals surface area (Å²) in [5.41, 5.74) is 2.00. The lowest BCUT2D eigenvalue weighted by Gasteiger charge is -2.28. The molecule has 4 heteroatoms. The van der Waals surface area contributed by atoms with Crippen LogP contribution in [0.5, 0.6) is 0 Å². The number of carbonyl (C=O) groups excluding carboxylic acids is 1. The molecule has 0 aromatic heterocycles. The first-order chi connectivity index (χ1) is 7.75. The van der Waals surface area contributed by atoms with Gasteiger partial charge in [-0.1, -0.05) is 18.2 Å². The monoisotopic (exact) mass is 221 g/mol. The van der Waals surface area contributed by atoms with Crippen molar-refractivity contribution in [1.29, 1.82) is 0 Å². The van der Waals surface area contributed by atoms with E-state index in [-0.39, 0.29) is 5.97 Å². The summed E-state index contributed by atoms with van der Waals surface area (Å²) in [4.78, 5) is 10.8. The van der Waals surface area contributed by atoms with Gasteiger partial charge in [-0.15, -0.1) is 0 Å². The predicted molar refractivity (Wildman–Crippen MR) is 60.1 cm³/mol. The normalized spacial score (nSPS) is 15.3. The molecular weight excluding hydrogens is 206 g/mol. The molecule has 1 heterocycles. The van der Waals surface area contributed by atoms with Crippen molar-refractivity contribution in [3.8, 4) is 0 Å². The first-order valence-electron chi connectivity index (χ1n) is 5.31. The quantitative estimate of drug-likeness (QED) is 0.784. The van der Waals surface area contributed by atoms with Crippen molar-refractivity contribution in [2.45, 2.75) is 19.6 Å². The van der Waals surface area contributed by atoms with Gasteiger partial charge < -0.3 is 14.8 Å². The summed E-state index contributed by atoms with van der Waals surface area (Å²) < 4.78 is 10.1. The zero-order chi connectivity index (χ0) is 11.4. The van der Waals surface area contributed by atoms with Crippen molar-refractivity contribution >= 4 is 11.7 Å². The Morgan fingerprint density at radius 1 is 1.50 bits per heavy atom. The molecule has 0 amide bonds. The Hall–Kier alpha value is -1.55. The molecule has 1 aromatic carbocycles. The number of hydrogen-bond donors (Lipinski definition) is 1. The van der Waals surface area contributed by atoms with E-state index in [4.69, 9.17) is 9.47 Å².